The Morgan fingerprint density at radius 1 is 1.08 bits per heavy atom. The van der Waals surface area contributed by atoms with E-state index in [1.165, 1.54) is 21.2 Å². The van der Waals surface area contributed by atoms with Crippen LogP contribution in [0.15, 0.2) is 58.8 Å². The maximum atomic E-state index is 13.3. The number of aromatic nitrogens is 6. The molecular formula is C27H33N9O2. The second kappa shape index (κ2) is 10.3. The highest BCUT2D eigenvalue weighted by Crippen LogP contribution is 2.22. The molecule has 1 aliphatic rings. The summed E-state index contributed by atoms with van der Waals surface area (Å²) in [4.78, 5) is 39.7. The number of aryl methyl sites for hydroxylation is 1. The van der Waals surface area contributed by atoms with Crippen LogP contribution in [-0.4, -0.2) is 67.2 Å². The maximum absolute atomic E-state index is 13.3. The third kappa shape index (κ3) is 4.72. The molecule has 1 fully saturated rings. The fourth-order valence-corrected chi connectivity index (χ4v) is 4.63. The van der Waals surface area contributed by atoms with Crippen LogP contribution in [0.25, 0.3) is 16.9 Å². The number of hydrogen-bond donors (Lipinski definition) is 1. The number of rotatable bonds is 7. The molecule has 0 spiro atoms. The fourth-order valence-electron chi connectivity index (χ4n) is 4.63. The summed E-state index contributed by atoms with van der Waals surface area (Å²) in [7, 11) is 2.14. The van der Waals surface area contributed by atoms with Gasteiger partial charge in [-0.05, 0) is 58.2 Å². The molecule has 0 saturated carbocycles. The van der Waals surface area contributed by atoms with Gasteiger partial charge in [0.15, 0.2) is 11.5 Å². The highest BCUT2D eigenvalue weighted by molar-refractivity contribution is 5.77. The van der Waals surface area contributed by atoms with Gasteiger partial charge < -0.3 is 15.1 Å². The molecule has 0 amide bonds. The van der Waals surface area contributed by atoms with E-state index >= 15 is 0 Å². The molecule has 0 aliphatic carbocycles. The van der Waals surface area contributed by atoms with Crippen molar-refractivity contribution in [3.8, 4) is 5.82 Å². The molecule has 3 aromatic heterocycles. The minimum Gasteiger partial charge on any atom is -0.369 e. The Balaban J connectivity index is 1.53. The zero-order chi connectivity index (χ0) is 27.0. The van der Waals surface area contributed by atoms with Crippen LogP contribution in [0.5, 0.6) is 0 Å². The van der Waals surface area contributed by atoms with Crippen molar-refractivity contribution in [2.75, 3.05) is 43.4 Å². The van der Waals surface area contributed by atoms with Crippen LogP contribution in [0.3, 0.4) is 0 Å². The summed E-state index contributed by atoms with van der Waals surface area (Å²) in [6, 6.07) is 9.70. The number of piperazine rings is 1. The molecule has 1 aromatic carbocycles. The molecule has 4 heterocycles. The summed E-state index contributed by atoms with van der Waals surface area (Å²) < 4.78 is 4.55. The van der Waals surface area contributed by atoms with Crippen LogP contribution < -0.4 is 21.3 Å². The lowest BCUT2D eigenvalue weighted by Crippen LogP contribution is -2.44. The third-order valence-corrected chi connectivity index (χ3v) is 6.78. The van der Waals surface area contributed by atoms with Gasteiger partial charge in [0.2, 0.25) is 5.95 Å². The molecule has 38 heavy (non-hydrogen) atoms. The van der Waals surface area contributed by atoms with Gasteiger partial charge in [0, 0.05) is 49.3 Å². The summed E-state index contributed by atoms with van der Waals surface area (Å²) in [6.45, 7) is 13.6. The maximum Gasteiger partial charge on any atom is 0.278 e. The van der Waals surface area contributed by atoms with E-state index in [-0.39, 0.29) is 23.7 Å². The van der Waals surface area contributed by atoms with Gasteiger partial charge in [-0.15, -0.1) is 11.7 Å². The van der Waals surface area contributed by atoms with Crippen LogP contribution in [0.1, 0.15) is 25.5 Å². The summed E-state index contributed by atoms with van der Waals surface area (Å²) >= 11 is 0. The summed E-state index contributed by atoms with van der Waals surface area (Å²) in [5.41, 5.74) is 2.50. The predicted molar refractivity (Wildman–Crippen MR) is 150 cm³/mol. The van der Waals surface area contributed by atoms with Crippen molar-refractivity contribution in [3.63, 3.8) is 0 Å². The molecule has 4 aromatic rings. The number of allylic oxidation sites excluding steroid dienone is 1. The van der Waals surface area contributed by atoms with Crippen molar-refractivity contribution < 1.29 is 0 Å². The average Bonchev–Trinajstić information content (AvgIpc) is 3.17. The van der Waals surface area contributed by atoms with Gasteiger partial charge in [0.05, 0.1) is 12.6 Å². The molecular weight excluding hydrogens is 482 g/mol. The highest BCUT2D eigenvalue weighted by Gasteiger charge is 2.20. The Kier molecular flexibility index (Phi) is 6.85. The number of fused-ring (bicyclic) bond motifs is 1. The van der Waals surface area contributed by atoms with E-state index in [2.05, 4.69) is 51.0 Å². The van der Waals surface area contributed by atoms with E-state index in [0.717, 1.165) is 31.9 Å². The van der Waals surface area contributed by atoms with Crippen LogP contribution in [0, 0.1) is 6.92 Å². The van der Waals surface area contributed by atoms with Crippen LogP contribution in [-0.2, 0) is 6.54 Å². The number of nitrogens with zero attached hydrogens (tertiary/aromatic N) is 8. The molecule has 11 nitrogen and oxygen atoms in total. The second-order valence-corrected chi connectivity index (χ2v) is 9.91. The highest BCUT2D eigenvalue weighted by atomic mass is 16.1. The van der Waals surface area contributed by atoms with E-state index < -0.39 is 0 Å². The average molecular weight is 516 g/mol. The van der Waals surface area contributed by atoms with Crippen LogP contribution in [0.2, 0.25) is 0 Å². The molecule has 0 unspecified atom stereocenters. The number of benzene rings is 1. The van der Waals surface area contributed by atoms with E-state index in [1.54, 1.807) is 23.7 Å². The van der Waals surface area contributed by atoms with Gasteiger partial charge in [-0.1, -0.05) is 6.08 Å². The molecule has 5 rings (SSSR count). The van der Waals surface area contributed by atoms with E-state index in [4.69, 9.17) is 4.98 Å². The van der Waals surface area contributed by atoms with Crippen molar-refractivity contribution >= 4 is 28.4 Å². The van der Waals surface area contributed by atoms with Crippen molar-refractivity contribution in [1.82, 2.24) is 34.0 Å². The number of hydrogen-bond acceptors (Lipinski definition) is 8. The molecule has 0 radical (unpaired) electrons. The number of anilines is 3. The zero-order valence-electron chi connectivity index (χ0n) is 22.3. The third-order valence-electron chi connectivity index (χ3n) is 6.78. The summed E-state index contributed by atoms with van der Waals surface area (Å²) in [5, 5.41) is 8.17. The Labute approximate surface area is 220 Å². The first kappa shape index (κ1) is 25.4. The lowest BCUT2D eigenvalue weighted by Gasteiger charge is -2.34. The van der Waals surface area contributed by atoms with E-state index in [1.807, 2.05) is 26.0 Å². The minimum absolute atomic E-state index is 0.150. The van der Waals surface area contributed by atoms with Crippen molar-refractivity contribution in [3.05, 3.63) is 75.5 Å². The summed E-state index contributed by atoms with van der Waals surface area (Å²) in [5.74, 6) is 0.772. The van der Waals surface area contributed by atoms with Gasteiger partial charge in [-0.2, -0.15) is 4.98 Å². The molecule has 0 bridgehead atoms. The Morgan fingerprint density at radius 3 is 2.45 bits per heavy atom. The minimum atomic E-state index is -0.260. The molecule has 1 N–H and O–H groups in total. The number of nitrogens with one attached hydrogen (secondary N) is 1. The molecule has 1 aliphatic heterocycles. The van der Waals surface area contributed by atoms with Gasteiger partial charge in [0.25, 0.3) is 11.1 Å². The predicted octanol–water partition coefficient (Wildman–Crippen LogP) is 2.71. The van der Waals surface area contributed by atoms with E-state index in [0.29, 0.717) is 28.4 Å². The monoisotopic (exact) mass is 515 g/mol. The first-order valence-corrected chi connectivity index (χ1v) is 12.8. The number of likely N-dealkylation sites (N-methyl/N-ethyl adjacent to an activating group) is 1. The van der Waals surface area contributed by atoms with Crippen molar-refractivity contribution in [1.29, 1.82) is 0 Å². The first-order valence-electron chi connectivity index (χ1n) is 12.8. The molecule has 198 valence electrons. The van der Waals surface area contributed by atoms with Gasteiger partial charge in [0.1, 0.15) is 5.39 Å². The molecule has 0 atom stereocenters. The van der Waals surface area contributed by atoms with Crippen molar-refractivity contribution in [2.45, 2.75) is 33.4 Å². The fraction of sp³-hybridized carbons (Fsp3) is 0.370. The molecule has 11 heteroatoms. The topological polar surface area (TPSA) is 106 Å². The Hall–Kier alpha value is -4.25. The Bertz CT molecular complexity index is 1590. The largest absolute Gasteiger partial charge is 0.369 e. The Morgan fingerprint density at radius 2 is 1.79 bits per heavy atom. The first-order chi connectivity index (χ1) is 18.3. The summed E-state index contributed by atoms with van der Waals surface area (Å²) in [6.07, 6.45) is 3.16. The smallest absolute Gasteiger partial charge is 0.278 e. The van der Waals surface area contributed by atoms with Crippen LogP contribution >= 0.6 is 0 Å². The zero-order valence-corrected chi connectivity index (χ0v) is 22.3. The quantitative estimate of drug-likeness (QED) is 0.375. The van der Waals surface area contributed by atoms with Crippen LogP contribution in [0.4, 0.5) is 17.3 Å². The lowest BCUT2D eigenvalue weighted by atomic mass is 10.2. The lowest BCUT2D eigenvalue weighted by molar-refractivity contribution is 0.313. The second-order valence-electron chi connectivity index (χ2n) is 9.91. The SMILES string of the molecule is C=CCn1c(=O)c2cnc(Nc3ccc(N4CCN(C)CC4)cc3)nc2n1-c1cc(C)c(=O)n(C(C)C)n1. The van der Waals surface area contributed by atoms with Gasteiger partial charge in [-0.3, -0.25) is 9.59 Å². The molecule has 1 saturated heterocycles. The normalized spacial score (nSPS) is 14.4. The van der Waals surface area contributed by atoms with Crippen molar-refractivity contribution in [2.24, 2.45) is 0 Å². The van der Waals surface area contributed by atoms with E-state index in [9.17, 15) is 9.59 Å². The standard InChI is InChI=1S/C27H33N9O2/c1-6-11-34-26(38)22-17-28-27(29-20-7-9-21(10-8-20)33-14-12-32(5)13-15-33)30-24(22)36(34)23-16-19(4)25(37)35(31-23)18(2)3/h6-10,16-18H,1,11-15H2,2-5H3,(H,28,29,30). The van der Waals surface area contributed by atoms with Gasteiger partial charge in [-0.25, -0.2) is 19.0 Å². The van der Waals surface area contributed by atoms with Gasteiger partial charge >= 0.3 is 0 Å².